The number of benzene rings is 2. The van der Waals surface area contributed by atoms with Gasteiger partial charge in [0.2, 0.25) is 0 Å². The first-order valence-electron chi connectivity index (χ1n) is 11.6. The number of hydrogen-bond acceptors (Lipinski definition) is 6. The van der Waals surface area contributed by atoms with Crippen molar-refractivity contribution in [2.24, 2.45) is 5.92 Å². The summed E-state index contributed by atoms with van der Waals surface area (Å²) in [4.78, 5) is 16.4. The van der Waals surface area contributed by atoms with E-state index >= 15 is 4.39 Å². The Balaban J connectivity index is 1.62. The van der Waals surface area contributed by atoms with Crippen LogP contribution in [0.25, 0.3) is 0 Å². The highest BCUT2D eigenvalue weighted by Gasteiger charge is 2.51. The monoisotopic (exact) mass is 479 g/mol. The molecule has 0 aliphatic carbocycles. The van der Waals surface area contributed by atoms with Crippen molar-refractivity contribution in [2.75, 3.05) is 6.54 Å². The van der Waals surface area contributed by atoms with Gasteiger partial charge >= 0.3 is 0 Å². The van der Waals surface area contributed by atoms with E-state index in [0.717, 1.165) is 28.9 Å². The zero-order valence-corrected chi connectivity index (χ0v) is 19.6. The quantitative estimate of drug-likeness (QED) is 0.636. The molecule has 4 aliphatic rings. The highest BCUT2D eigenvalue weighted by Crippen LogP contribution is 2.48. The molecule has 6 nitrogen and oxygen atoms in total. The van der Waals surface area contributed by atoms with Gasteiger partial charge in [-0.05, 0) is 48.1 Å². The van der Waals surface area contributed by atoms with Crippen molar-refractivity contribution in [1.29, 1.82) is 0 Å². The van der Waals surface area contributed by atoms with Gasteiger partial charge in [-0.15, -0.1) is 11.8 Å². The average molecular weight is 480 g/mol. The molecule has 4 aliphatic heterocycles. The van der Waals surface area contributed by atoms with Crippen molar-refractivity contribution >= 4 is 17.7 Å². The number of aliphatic hydroxyl groups excluding tert-OH is 2. The highest BCUT2D eigenvalue weighted by molar-refractivity contribution is 7.98. The number of hydrogen-bond donors (Lipinski definition) is 2. The lowest BCUT2D eigenvalue weighted by molar-refractivity contribution is -0.175. The van der Waals surface area contributed by atoms with Gasteiger partial charge in [-0.25, -0.2) is 4.39 Å². The Labute approximate surface area is 201 Å². The molecule has 0 aromatic heterocycles. The van der Waals surface area contributed by atoms with Crippen LogP contribution in [0.5, 0.6) is 0 Å². The predicted molar refractivity (Wildman–Crippen MR) is 127 cm³/mol. The van der Waals surface area contributed by atoms with Gasteiger partial charge < -0.3 is 15.1 Å². The smallest absolute Gasteiger partial charge is 0.276 e. The van der Waals surface area contributed by atoms with E-state index in [1.165, 1.54) is 12.1 Å². The van der Waals surface area contributed by atoms with Crippen LogP contribution in [0.1, 0.15) is 42.5 Å². The predicted octanol–water partition coefficient (Wildman–Crippen LogP) is 4.30. The molecule has 34 heavy (non-hydrogen) atoms. The number of thioether (sulfide) groups is 1. The highest BCUT2D eigenvalue weighted by atomic mass is 32.2. The minimum atomic E-state index is -1.25. The summed E-state index contributed by atoms with van der Waals surface area (Å²) in [6, 6.07) is 12.7. The van der Waals surface area contributed by atoms with E-state index in [0.29, 0.717) is 23.8 Å². The van der Waals surface area contributed by atoms with E-state index in [2.05, 4.69) is 13.0 Å². The molecular formula is C26H26FN3O3S. The maximum absolute atomic E-state index is 15.6. The lowest BCUT2D eigenvalue weighted by Crippen LogP contribution is -2.66. The van der Waals surface area contributed by atoms with Crippen molar-refractivity contribution < 1.29 is 19.4 Å². The Morgan fingerprint density at radius 1 is 1.15 bits per heavy atom. The van der Waals surface area contributed by atoms with Gasteiger partial charge in [0, 0.05) is 29.0 Å². The lowest BCUT2D eigenvalue weighted by Gasteiger charge is -2.56. The topological polar surface area (TPSA) is 67.2 Å². The summed E-state index contributed by atoms with van der Waals surface area (Å²) in [6.07, 6.45) is 3.10. The normalized spacial score (nSPS) is 28.7. The molecule has 0 spiro atoms. The van der Waals surface area contributed by atoms with Crippen LogP contribution < -0.4 is 0 Å². The second-order valence-corrected chi connectivity index (χ2v) is 10.4. The summed E-state index contributed by atoms with van der Waals surface area (Å²) in [5.41, 5.74) is 2.50. The first kappa shape index (κ1) is 21.7. The number of rotatable bonds is 1. The van der Waals surface area contributed by atoms with Gasteiger partial charge in [0.05, 0.1) is 6.04 Å². The summed E-state index contributed by atoms with van der Waals surface area (Å²) in [5.74, 6) is 0.0489. The zero-order valence-electron chi connectivity index (χ0n) is 18.8. The third-order valence-electron chi connectivity index (χ3n) is 7.29. The molecule has 0 saturated carbocycles. The number of nitrogens with zero attached hydrogens (tertiary/aromatic N) is 3. The van der Waals surface area contributed by atoms with Gasteiger partial charge in [-0.2, -0.15) is 5.01 Å². The molecule has 2 aromatic carbocycles. The molecule has 2 saturated heterocycles. The molecule has 4 atom stereocenters. The van der Waals surface area contributed by atoms with Gasteiger partial charge in [-0.1, -0.05) is 37.3 Å². The van der Waals surface area contributed by atoms with Gasteiger partial charge in [-0.3, -0.25) is 9.80 Å². The van der Waals surface area contributed by atoms with Crippen LogP contribution in [0.15, 0.2) is 71.1 Å². The van der Waals surface area contributed by atoms with E-state index in [4.69, 9.17) is 0 Å². The Hall–Kier alpha value is -2.81. The summed E-state index contributed by atoms with van der Waals surface area (Å²) < 4.78 is 15.6. The number of carbonyl (C=O) groups excluding carboxylic acids is 1. The zero-order chi connectivity index (χ0) is 23.6. The van der Waals surface area contributed by atoms with Crippen LogP contribution in [0.3, 0.4) is 0 Å². The molecule has 176 valence electrons. The van der Waals surface area contributed by atoms with Crippen molar-refractivity contribution in [3.05, 3.63) is 88.7 Å². The van der Waals surface area contributed by atoms with E-state index in [-0.39, 0.29) is 29.3 Å². The molecule has 2 N–H and O–H groups in total. The fraction of sp³-hybridized carbons (Fsp3) is 0.346. The average Bonchev–Trinajstić information content (AvgIpc) is 2.99. The number of hydrazine groups is 1. The summed E-state index contributed by atoms with van der Waals surface area (Å²) in [6.45, 7) is 2.71. The number of amides is 1. The lowest BCUT2D eigenvalue weighted by atomic mass is 9.89. The van der Waals surface area contributed by atoms with E-state index in [1.807, 2.05) is 29.3 Å². The van der Waals surface area contributed by atoms with Crippen LogP contribution >= 0.6 is 11.8 Å². The molecule has 0 bridgehead atoms. The molecular weight excluding hydrogens is 453 g/mol. The number of carbonyl (C=O) groups is 1. The van der Waals surface area contributed by atoms with Crippen molar-refractivity contribution in [3.63, 3.8) is 0 Å². The van der Waals surface area contributed by atoms with Crippen LogP contribution in [0.4, 0.5) is 4.39 Å². The number of piperidine rings is 1. The Bertz CT molecular complexity index is 1230. The van der Waals surface area contributed by atoms with E-state index < -0.39 is 12.1 Å². The molecule has 6 rings (SSSR count). The molecule has 1 amide bonds. The number of halogens is 1. The molecule has 1 unspecified atom stereocenters. The maximum atomic E-state index is 15.6. The second kappa shape index (κ2) is 8.15. The standard InChI is InChI=1S/C26H26FN3O3S/c1-15-9-11-28-21(13-15)30(29-12-10-19(31)25(32)24(29)26(28)33)23-17-6-2-3-8-20(17)34-14-16-5-4-7-18(27)22(16)23/h2-8,10,12,15,19,21,23,31-32H,9,11,13-14H2,1H3/t15-,19?,21-,23-/m1/s1. The number of aliphatic hydroxyl groups is 2. The van der Waals surface area contributed by atoms with E-state index in [9.17, 15) is 15.0 Å². The van der Waals surface area contributed by atoms with Gasteiger partial charge in [0.25, 0.3) is 5.91 Å². The van der Waals surface area contributed by atoms with Crippen molar-refractivity contribution in [2.45, 2.75) is 48.7 Å². The largest absolute Gasteiger partial charge is 0.507 e. The summed E-state index contributed by atoms with van der Waals surface area (Å²) >= 11 is 1.68. The van der Waals surface area contributed by atoms with Gasteiger partial charge in [0.1, 0.15) is 18.1 Å². The SMILES string of the molecule is C[C@@H]1CCN2C(=O)C3=C(O)C(O)C=CN3N([C@@H]3c4ccccc4SCc4cccc(F)c43)[C@@H]2C1. The third-order valence-corrected chi connectivity index (χ3v) is 8.43. The first-order valence-corrected chi connectivity index (χ1v) is 12.6. The minimum Gasteiger partial charge on any atom is -0.507 e. The van der Waals surface area contributed by atoms with E-state index in [1.54, 1.807) is 33.9 Å². The maximum Gasteiger partial charge on any atom is 0.276 e. The molecule has 2 fully saturated rings. The van der Waals surface area contributed by atoms with Crippen molar-refractivity contribution in [1.82, 2.24) is 14.9 Å². The fourth-order valence-corrected chi connectivity index (χ4v) is 6.68. The molecule has 4 heterocycles. The van der Waals surface area contributed by atoms with Gasteiger partial charge in [0.15, 0.2) is 11.5 Å². The first-order chi connectivity index (χ1) is 16.5. The number of fused-ring (bicyclic) bond motifs is 4. The Kier molecular flexibility index (Phi) is 5.20. The van der Waals surface area contributed by atoms with Crippen molar-refractivity contribution in [3.8, 4) is 0 Å². The summed E-state index contributed by atoms with van der Waals surface area (Å²) in [7, 11) is 0. The minimum absolute atomic E-state index is 0.0353. The second-order valence-electron chi connectivity index (χ2n) is 9.40. The van der Waals surface area contributed by atoms with Crippen LogP contribution in [0.2, 0.25) is 0 Å². The third kappa shape index (κ3) is 3.20. The van der Waals surface area contributed by atoms with Crippen LogP contribution in [0, 0.1) is 11.7 Å². The molecule has 0 radical (unpaired) electrons. The molecule has 2 aromatic rings. The fourth-order valence-electron chi connectivity index (χ4n) is 5.60. The van der Waals surface area contributed by atoms with Crippen LogP contribution in [-0.2, 0) is 10.5 Å². The summed E-state index contributed by atoms with van der Waals surface area (Å²) in [5, 5.41) is 24.8. The molecule has 8 heteroatoms. The Morgan fingerprint density at radius 2 is 1.97 bits per heavy atom. The van der Waals surface area contributed by atoms with Crippen LogP contribution in [-0.4, -0.2) is 49.9 Å². The Morgan fingerprint density at radius 3 is 2.82 bits per heavy atom.